The van der Waals surface area contributed by atoms with E-state index < -0.39 is 11.7 Å². The maximum absolute atomic E-state index is 14.6. The van der Waals surface area contributed by atoms with Crippen molar-refractivity contribution in [3.05, 3.63) is 70.5 Å². The van der Waals surface area contributed by atoms with Crippen molar-refractivity contribution in [3.63, 3.8) is 0 Å². The molecule has 2 heterocycles. The van der Waals surface area contributed by atoms with E-state index in [4.69, 9.17) is 5.26 Å². The maximum atomic E-state index is 14.6. The van der Waals surface area contributed by atoms with Gasteiger partial charge in [-0.15, -0.1) is 0 Å². The van der Waals surface area contributed by atoms with Crippen molar-refractivity contribution < 1.29 is 13.2 Å². The minimum Gasteiger partial charge on any atom is -0.280 e. The average Bonchev–Trinajstić information content (AvgIpc) is 3.24. The first-order chi connectivity index (χ1) is 12.9. The molecule has 2 aliphatic rings. The van der Waals surface area contributed by atoms with Gasteiger partial charge in [0.2, 0.25) is 0 Å². The van der Waals surface area contributed by atoms with E-state index in [1.807, 2.05) is 18.4 Å². The SMILES string of the molecule is CC(F)(F)c1cccc(C2CC(c3ccc(C#N)cc3F)N3CN=CC23)c1. The fraction of sp³-hybridized carbons (Fsp3) is 0.333. The summed E-state index contributed by atoms with van der Waals surface area (Å²) in [4.78, 5) is 6.42. The minimum atomic E-state index is -2.91. The number of alkyl halides is 2. The zero-order chi connectivity index (χ0) is 19.2. The number of hydrogen-bond acceptors (Lipinski definition) is 3. The summed E-state index contributed by atoms with van der Waals surface area (Å²) < 4.78 is 42.1. The predicted octanol–water partition coefficient (Wildman–Crippen LogP) is 4.75. The van der Waals surface area contributed by atoms with Crippen LogP contribution in [0.1, 0.15) is 47.6 Å². The lowest BCUT2D eigenvalue weighted by atomic mass is 9.88. The van der Waals surface area contributed by atoms with E-state index in [2.05, 4.69) is 9.89 Å². The number of halogens is 3. The van der Waals surface area contributed by atoms with Gasteiger partial charge >= 0.3 is 0 Å². The number of nitriles is 1. The maximum Gasteiger partial charge on any atom is 0.270 e. The molecule has 138 valence electrons. The monoisotopic (exact) mass is 369 g/mol. The Labute approximate surface area is 155 Å². The van der Waals surface area contributed by atoms with Gasteiger partial charge in [-0.2, -0.15) is 5.26 Å². The number of nitrogens with zero attached hydrogens (tertiary/aromatic N) is 3. The molecule has 0 saturated carbocycles. The summed E-state index contributed by atoms with van der Waals surface area (Å²) >= 11 is 0. The van der Waals surface area contributed by atoms with Crippen LogP contribution in [0.5, 0.6) is 0 Å². The molecule has 1 saturated heterocycles. The number of rotatable bonds is 3. The summed E-state index contributed by atoms with van der Waals surface area (Å²) in [6.07, 6.45) is 2.45. The van der Waals surface area contributed by atoms with E-state index in [0.717, 1.165) is 12.5 Å². The van der Waals surface area contributed by atoms with Gasteiger partial charge in [-0.05, 0) is 30.2 Å². The molecule has 0 aliphatic carbocycles. The molecule has 2 aromatic rings. The molecule has 1 fully saturated rings. The van der Waals surface area contributed by atoms with Crippen molar-refractivity contribution in [1.29, 1.82) is 5.26 Å². The van der Waals surface area contributed by atoms with Gasteiger partial charge in [0.05, 0.1) is 24.3 Å². The van der Waals surface area contributed by atoms with Crippen LogP contribution >= 0.6 is 0 Å². The molecule has 2 aromatic carbocycles. The summed E-state index contributed by atoms with van der Waals surface area (Å²) in [6, 6.07) is 12.6. The second-order valence-corrected chi connectivity index (χ2v) is 7.20. The zero-order valence-electron chi connectivity index (χ0n) is 14.7. The molecular weight excluding hydrogens is 351 g/mol. The third-order valence-corrected chi connectivity index (χ3v) is 5.49. The van der Waals surface area contributed by atoms with Crippen LogP contribution in [-0.2, 0) is 5.92 Å². The summed E-state index contributed by atoms with van der Waals surface area (Å²) in [5, 5.41) is 8.94. The van der Waals surface area contributed by atoms with Crippen LogP contribution in [0.4, 0.5) is 13.2 Å². The Morgan fingerprint density at radius 1 is 1.22 bits per heavy atom. The minimum absolute atomic E-state index is 0.0190. The van der Waals surface area contributed by atoms with Crippen molar-refractivity contribution in [2.24, 2.45) is 4.99 Å². The van der Waals surface area contributed by atoms with Crippen molar-refractivity contribution in [1.82, 2.24) is 4.90 Å². The quantitative estimate of drug-likeness (QED) is 0.783. The summed E-state index contributed by atoms with van der Waals surface area (Å²) in [5.41, 5.74) is 1.59. The summed E-state index contributed by atoms with van der Waals surface area (Å²) in [7, 11) is 0. The van der Waals surface area contributed by atoms with Gasteiger partial charge in [-0.3, -0.25) is 9.89 Å². The first kappa shape index (κ1) is 17.7. The molecule has 3 unspecified atom stereocenters. The lowest BCUT2D eigenvalue weighted by Gasteiger charge is -2.23. The van der Waals surface area contributed by atoms with Gasteiger partial charge in [0, 0.05) is 36.2 Å². The molecule has 0 aromatic heterocycles. The topological polar surface area (TPSA) is 39.4 Å². The highest BCUT2D eigenvalue weighted by atomic mass is 19.3. The molecule has 0 N–H and O–H groups in total. The highest BCUT2D eigenvalue weighted by Crippen LogP contribution is 2.47. The molecule has 0 radical (unpaired) electrons. The Kier molecular flexibility index (Phi) is 4.27. The van der Waals surface area contributed by atoms with Crippen molar-refractivity contribution in [3.8, 4) is 6.07 Å². The lowest BCUT2D eigenvalue weighted by Crippen LogP contribution is -2.30. The van der Waals surface area contributed by atoms with Gasteiger partial charge in [-0.25, -0.2) is 13.2 Å². The van der Waals surface area contributed by atoms with E-state index in [-0.39, 0.29) is 29.1 Å². The number of benzene rings is 2. The van der Waals surface area contributed by atoms with Crippen LogP contribution in [0.15, 0.2) is 47.5 Å². The van der Waals surface area contributed by atoms with E-state index in [9.17, 15) is 13.2 Å². The second-order valence-electron chi connectivity index (χ2n) is 7.20. The van der Waals surface area contributed by atoms with Gasteiger partial charge in [0.1, 0.15) is 5.82 Å². The molecule has 0 spiro atoms. The molecule has 4 rings (SSSR count). The summed E-state index contributed by atoms with van der Waals surface area (Å²) in [5.74, 6) is -3.37. The fourth-order valence-corrected chi connectivity index (χ4v) is 4.13. The van der Waals surface area contributed by atoms with Gasteiger partial charge in [0.15, 0.2) is 0 Å². The Morgan fingerprint density at radius 3 is 2.74 bits per heavy atom. The zero-order valence-corrected chi connectivity index (χ0v) is 14.7. The number of fused-ring (bicyclic) bond motifs is 1. The first-order valence-corrected chi connectivity index (χ1v) is 8.82. The Bertz CT molecular complexity index is 942. The Hall–Kier alpha value is -2.65. The van der Waals surface area contributed by atoms with Gasteiger partial charge < -0.3 is 0 Å². The highest BCUT2D eigenvalue weighted by molar-refractivity contribution is 5.69. The third-order valence-electron chi connectivity index (χ3n) is 5.49. The molecule has 0 bridgehead atoms. The molecule has 27 heavy (non-hydrogen) atoms. The normalized spacial score (nSPS) is 24.8. The van der Waals surface area contributed by atoms with E-state index in [1.54, 1.807) is 24.3 Å². The van der Waals surface area contributed by atoms with Crippen molar-refractivity contribution >= 4 is 6.21 Å². The van der Waals surface area contributed by atoms with Crippen LogP contribution in [-0.4, -0.2) is 23.8 Å². The first-order valence-electron chi connectivity index (χ1n) is 8.82. The smallest absolute Gasteiger partial charge is 0.270 e. The summed E-state index contributed by atoms with van der Waals surface area (Å²) in [6.45, 7) is 1.34. The molecule has 3 nitrogen and oxygen atoms in total. The second kappa shape index (κ2) is 6.50. The van der Waals surface area contributed by atoms with Crippen LogP contribution in [0.3, 0.4) is 0 Å². The Morgan fingerprint density at radius 2 is 2.04 bits per heavy atom. The lowest BCUT2D eigenvalue weighted by molar-refractivity contribution is 0.0173. The van der Waals surface area contributed by atoms with Crippen molar-refractivity contribution in [2.45, 2.75) is 37.3 Å². The van der Waals surface area contributed by atoms with Gasteiger partial charge in [0.25, 0.3) is 5.92 Å². The number of aliphatic imine (C=N–C) groups is 1. The molecule has 0 amide bonds. The van der Waals surface area contributed by atoms with E-state index >= 15 is 0 Å². The third kappa shape index (κ3) is 3.13. The van der Waals surface area contributed by atoms with E-state index in [0.29, 0.717) is 18.7 Å². The molecule has 6 heteroatoms. The molecule has 2 aliphatic heterocycles. The molecule has 3 atom stereocenters. The Balaban J connectivity index is 1.69. The van der Waals surface area contributed by atoms with Crippen LogP contribution < -0.4 is 0 Å². The number of hydrogen-bond donors (Lipinski definition) is 0. The van der Waals surface area contributed by atoms with E-state index in [1.165, 1.54) is 12.1 Å². The van der Waals surface area contributed by atoms with Crippen LogP contribution in [0.25, 0.3) is 0 Å². The van der Waals surface area contributed by atoms with Crippen molar-refractivity contribution in [2.75, 3.05) is 6.67 Å². The highest BCUT2D eigenvalue weighted by Gasteiger charge is 2.44. The largest absolute Gasteiger partial charge is 0.280 e. The van der Waals surface area contributed by atoms with Gasteiger partial charge in [-0.1, -0.05) is 24.3 Å². The molecular formula is C21H18F3N3. The van der Waals surface area contributed by atoms with Crippen LogP contribution in [0.2, 0.25) is 0 Å². The fourth-order valence-electron chi connectivity index (χ4n) is 4.13. The standard InChI is InChI=1S/C21H18F3N3/c1-21(23,24)15-4-2-3-14(8-15)17-9-19(27-12-26-11-20(17)27)16-6-5-13(10-25)7-18(16)22/h2-8,11,17,19-20H,9,12H2,1H3. The average molecular weight is 369 g/mol. The predicted molar refractivity (Wildman–Crippen MR) is 96.2 cm³/mol. The van der Waals surface area contributed by atoms with Crippen LogP contribution in [0, 0.1) is 17.1 Å².